The van der Waals surface area contributed by atoms with Gasteiger partial charge in [-0.25, -0.2) is 15.0 Å². The molecule has 1 fully saturated rings. The highest BCUT2D eigenvalue weighted by Crippen LogP contribution is 2.32. The lowest BCUT2D eigenvalue weighted by atomic mass is 10.1. The summed E-state index contributed by atoms with van der Waals surface area (Å²) in [6.07, 6.45) is 1.15. The van der Waals surface area contributed by atoms with Gasteiger partial charge in [-0.2, -0.15) is 0 Å². The standard InChI is InChI=1S/C18H29N7O6/c1-3-4-10(23-8-30-9-29-2)17(28)24-12-14(27)11(5-26)31-18(12)25-7-22-13-15(19)20-6-21-16(13)25/h6-7,10-12,14,18,23,26-27H,3-5,8-9H2,1-2H3,(H,24,28)(H2,19,20,21)/t10?,11-,12?,14+,18-/m1/s1. The molecule has 13 heteroatoms. The van der Waals surface area contributed by atoms with E-state index in [4.69, 9.17) is 19.9 Å². The number of aliphatic hydroxyl groups excluding tert-OH is 2. The van der Waals surface area contributed by atoms with Crippen molar-refractivity contribution in [1.82, 2.24) is 30.2 Å². The topological polar surface area (TPSA) is 179 Å². The number of hydrogen-bond donors (Lipinski definition) is 5. The Morgan fingerprint density at radius 1 is 1.42 bits per heavy atom. The van der Waals surface area contributed by atoms with Crippen LogP contribution in [-0.4, -0.2) is 87.2 Å². The first-order valence-corrected chi connectivity index (χ1v) is 9.99. The highest BCUT2D eigenvalue weighted by molar-refractivity contribution is 5.82. The summed E-state index contributed by atoms with van der Waals surface area (Å²) in [5.41, 5.74) is 6.61. The summed E-state index contributed by atoms with van der Waals surface area (Å²) in [6.45, 7) is 1.76. The van der Waals surface area contributed by atoms with Crippen molar-refractivity contribution in [2.75, 3.05) is 33.0 Å². The molecule has 1 aliphatic heterocycles. The predicted molar refractivity (Wildman–Crippen MR) is 108 cm³/mol. The highest BCUT2D eigenvalue weighted by Gasteiger charge is 2.46. The molecule has 1 saturated heterocycles. The average Bonchev–Trinajstić information content (AvgIpc) is 3.32. The SMILES string of the molecule is CCCC(NCOCOC)C(=O)NC1[C@@H](O)[C@@H](CO)O[C@H]1n1cnc2c(N)ncnc21. The van der Waals surface area contributed by atoms with Crippen molar-refractivity contribution in [2.45, 2.75) is 50.3 Å². The van der Waals surface area contributed by atoms with Crippen LogP contribution < -0.4 is 16.4 Å². The van der Waals surface area contributed by atoms with Crippen LogP contribution in [0.1, 0.15) is 26.0 Å². The minimum atomic E-state index is -1.15. The van der Waals surface area contributed by atoms with E-state index in [-0.39, 0.29) is 25.2 Å². The van der Waals surface area contributed by atoms with Crippen molar-refractivity contribution in [1.29, 1.82) is 0 Å². The van der Waals surface area contributed by atoms with Crippen LogP contribution in [0.15, 0.2) is 12.7 Å². The fourth-order valence-corrected chi connectivity index (χ4v) is 3.51. The number of amides is 1. The number of nitrogen functional groups attached to an aromatic ring is 1. The van der Waals surface area contributed by atoms with Crippen LogP contribution in [0.3, 0.4) is 0 Å². The molecule has 13 nitrogen and oxygen atoms in total. The third-order valence-electron chi connectivity index (χ3n) is 5.05. The zero-order valence-corrected chi connectivity index (χ0v) is 17.5. The molecule has 0 saturated carbocycles. The van der Waals surface area contributed by atoms with Gasteiger partial charge in [0, 0.05) is 7.11 Å². The number of carbonyl (C=O) groups is 1. The van der Waals surface area contributed by atoms with Crippen LogP contribution >= 0.6 is 0 Å². The van der Waals surface area contributed by atoms with Gasteiger partial charge in [-0.3, -0.25) is 14.7 Å². The first kappa shape index (κ1) is 23.2. The van der Waals surface area contributed by atoms with E-state index in [1.54, 1.807) is 4.57 Å². The minimum absolute atomic E-state index is 0.0988. The van der Waals surface area contributed by atoms with E-state index in [1.165, 1.54) is 19.8 Å². The number of ether oxygens (including phenoxy) is 3. The van der Waals surface area contributed by atoms with E-state index >= 15 is 0 Å². The molecule has 3 rings (SSSR count). The number of nitrogens with zero attached hydrogens (tertiary/aromatic N) is 4. The number of hydrogen-bond acceptors (Lipinski definition) is 11. The number of carbonyl (C=O) groups excluding carboxylic acids is 1. The Kier molecular flexibility index (Phi) is 8.06. The lowest BCUT2D eigenvalue weighted by Gasteiger charge is -2.26. The second-order valence-electron chi connectivity index (χ2n) is 7.16. The largest absolute Gasteiger partial charge is 0.394 e. The number of nitrogens with one attached hydrogen (secondary N) is 2. The molecular formula is C18H29N7O6. The molecule has 2 unspecified atom stereocenters. The second kappa shape index (κ2) is 10.7. The summed E-state index contributed by atoms with van der Waals surface area (Å²) < 4.78 is 17.4. The van der Waals surface area contributed by atoms with Crippen molar-refractivity contribution in [2.24, 2.45) is 0 Å². The molecule has 0 aromatic carbocycles. The molecule has 0 radical (unpaired) electrons. The molecule has 0 bridgehead atoms. The smallest absolute Gasteiger partial charge is 0.237 e. The van der Waals surface area contributed by atoms with Crippen LogP contribution in [0.25, 0.3) is 11.2 Å². The summed E-state index contributed by atoms with van der Waals surface area (Å²) in [6, 6.07) is -1.42. The minimum Gasteiger partial charge on any atom is -0.394 e. The van der Waals surface area contributed by atoms with Gasteiger partial charge >= 0.3 is 0 Å². The molecular weight excluding hydrogens is 410 g/mol. The lowest BCUT2D eigenvalue weighted by Crippen LogP contribution is -2.53. The van der Waals surface area contributed by atoms with Crippen molar-refractivity contribution in [3.05, 3.63) is 12.7 Å². The second-order valence-corrected chi connectivity index (χ2v) is 7.16. The van der Waals surface area contributed by atoms with E-state index in [0.29, 0.717) is 17.6 Å². The van der Waals surface area contributed by atoms with Gasteiger partial charge in [0.1, 0.15) is 36.9 Å². The number of aliphatic hydroxyl groups is 2. The van der Waals surface area contributed by atoms with Crippen molar-refractivity contribution < 1.29 is 29.2 Å². The van der Waals surface area contributed by atoms with Crippen LogP contribution in [-0.2, 0) is 19.0 Å². The third kappa shape index (κ3) is 5.08. The van der Waals surface area contributed by atoms with Crippen molar-refractivity contribution in [3.8, 4) is 0 Å². The normalized spacial score (nSPS) is 24.5. The molecule has 0 aliphatic carbocycles. The number of rotatable bonds is 11. The van der Waals surface area contributed by atoms with E-state index in [0.717, 1.165) is 6.42 Å². The van der Waals surface area contributed by atoms with Crippen molar-refractivity contribution in [3.63, 3.8) is 0 Å². The zero-order valence-electron chi connectivity index (χ0n) is 17.5. The number of anilines is 1. The first-order chi connectivity index (χ1) is 15.0. The zero-order chi connectivity index (χ0) is 22.4. The van der Waals surface area contributed by atoms with E-state index < -0.39 is 37.1 Å². The Balaban J connectivity index is 1.80. The number of methoxy groups -OCH3 is 1. The first-order valence-electron chi connectivity index (χ1n) is 9.99. The maximum atomic E-state index is 13.0. The summed E-state index contributed by atoms with van der Waals surface area (Å²) in [5.74, 6) is -0.137. The monoisotopic (exact) mass is 439 g/mol. The maximum absolute atomic E-state index is 13.0. The number of imidazole rings is 1. The third-order valence-corrected chi connectivity index (χ3v) is 5.05. The van der Waals surface area contributed by atoms with Crippen LogP contribution in [0.4, 0.5) is 5.82 Å². The Hall–Kier alpha value is -2.42. The summed E-state index contributed by atoms with van der Waals surface area (Å²) in [5, 5.41) is 26.2. The van der Waals surface area contributed by atoms with Gasteiger partial charge in [-0.15, -0.1) is 0 Å². The highest BCUT2D eigenvalue weighted by atomic mass is 16.7. The predicted octanol–water partition coefficient (Wildman–Crippen LogP) is -1.52. The molecule has 1 aliphatic rings. The van der Waals surface area contributed by atoms with E-state index in [9.17, 15) is 15.0 Å². The summed E-state index contributed by atoms with van der Waals surface area (Å²) in [4.78, 5) is 25.3. The Morgan fingerprint density at radius 2 is 2.23 bits per heavy atom. The molecule has 6 N–H and O–H groups in total. The van der Waals surface area contributed by atoms with Gasteiger partial charge in [-0.05, 0) is 6.42 Å². The quantitative estimate of drug-likeness (QED) is 0.203. The average molecular weight is 439 g/mol. The maximum Gasteiger partial charge on any atom is 0.237 e. The van der Waals surface area contributed by atoms with Gasteiger partial charge in [0.2, 0.25) is 5.91 Å². The molecule has 2 aromatic heterocycles. The summed E-state index contributed by atoms with van der Waals surface area (Å²) >= 11 is 0. The molecule has 2 aromatic rings. The fraction of sp³-hybridized carbons (Fsp3) is 0.667. The Bertz CT molecular complexity index is 865. The Labute approximate surface area is 178 Å². The molecule has 5 atom stereocenters. The van der Waals surface area contributed by atoms with Crippen LogP contribution in [0.2, 0.25) is 0 Å². The number of nitrogens with two attached hydrogens (primary N) is 1. The van der Waals surface area contributed by atoms with Crippen molar-refractivity contribution >= 4 is 22.9 Å². The van der Waals surface area contributed by atoms with Gasteiger partial charge in [0.25, 0.3) is 0 Å². The Morgan fingerprint density at radius 3 is 2.94 bits per heavy atom. The molecule has 31 heavy (non-hydrogen) atoms. The van der Waals surface area contributed by atoms with Gasteiger partial charge < -0.3 is 35.5 Å². The van der Waals surface area contributed by atoms with E-state index in [2.05, 4.69) is 25.6 Å². The summed E-state index contributed by atoms with van der Waals surface area (Å²) in [7, 11) is 1.51. The molecule has 172 valence electrons. The van der Waals surface area contributed by atoms with Gasteiger partial charge in [-0.1, -0.05) is 13.3 Å². The van der Waals surface area contributed by atoms with Gasteiger partial charge in [0.15, 0.2) is 17.7 Å². The molecule has 3 heterocycles. The van der Waals surface area contributed by atoms with Gasteiger partial charge in [0.05, 0.1) is 25.7 Å². The lowest BCUT2D eigenvalue weighted by molar-refractivity contribution is -0.126. The molecule has 0 spiro atoms. The van der Waals surface area contributed by atoms with Crippen LogP contribution in [0.5, 0.6) is 0 Å². The number of aromatic nitrogens is 4. The number of fused-ring (bicyclic) bond motifs is 1. The van der Waals surface area contributed by atoms with E-state index in [1.807, 2.05) is 6.92 Å². The van der Waals surface area contributed by atoms with Crippen LogP contribution in [0, 0.1) is 0 Å². The fourth-order valence-electron chi connectivity index (χ4n) is 3.51. The molecule has 1 amide bonds.